The van der Waals surface area contributed by atoms with Gasteiger partial charge in [0.15, 0.2) is 0 Å². The Bertz CT molecular complexity index is 1090. The zero-order chi connectivity index (χ0) is 24.9. The maximum absolute atomic E-state index is 13.5. The van der Waals surface area contributed by atoms with Gasteiger partial charge in [0.2, 0.25) is 5.91 Å². The van der Waals surface area contributed by atoms with E-state index in [1.54, 1.807) is 0 Å². The molecule has 2 bridgehead atoms. The number of pyridine rings is 1. The van der Waals surface area contributed by atoms with Gasteiger partial charge < -0.3 is 15.3 Å². The molecular weight excluding hydrogens is 462 g/mol. The normalized spacial score (nSPS) is 35.7. The standard InChI is InChI=1S/C30H39N5O2/c36-24-16-22-11-12-23(17-24)35(22)21-9-6-18(7-10-21)28-25-15-20(8-13-26(25)33-34-28)30(37)32-29(19-4-5-19)27-3-1-2-14-31-27/h1-3,6-7,9-10,14,19-20,22-26,28-29,33-34,36H,4-5,8,11-13,15-17H2,(H,32,37)/t20?,22-,23-,25?,26?,28?,29+/m0/s1. The van der Waals surface area contributed by atoms with Crippen LogP contribution in [0.25, 0.3) is 0 Å². The molecule has 1 aromatic carbocycles. The van der Waals surface area contributed by atoms with E-state index in [2.05, 4.69) is 50.3 Å². The Morgan fingerprint density at radius 3 is 2.43 bits per heavy atom. The van der Waals surface area contributed by atoms with Gasteiger partial charge in [-0.05, 0) is 99.5 Å². The molecule has 1 amide bonds. The second-order valence-electron chi connectivity index (χ2n) is 12.1. The number of carbonyl (C=O) groups is 1. The van der Waals surface area contributed by atoms with Crippen molar-refractivity contribution in [3.05, 3.63) is 59.9 Å². The lowest BCUT2D eigenvalue weighted by Gasteiger charge is -2.39. The number of nitrogens with zero attached hydrogens (tertiary/aromatic N) is 2. The van der Waals surface area contributed by atoms with Crippen molar-refractivity contribution in [2.45, 2.75) is 94.1 Å². The van der Waals surface area contributed by atoms with E-state index in [-0.39, 0.29) is 30.0 Å². The molecule has 196 valence electrons. The Morgan fingerprint density at radius 2 is 1.73 bits per heavy atom. The number of rotatable bonds is 6. The van der Waals surface area contributed by atoms with Crippen LogP contribution in [0.15, 0.2) is 48.7 Å². The number of piperidine rings is 1. The molecule has 0 spiro atoms. The summed E-state index contributed by atoms with van der Waals surface area (Å²) in [4.78, 5) is 20.6. The van der Waals surface area contributed by atoms with E-state index in [4.69, 9.17) is 0 Å². The van der Waals surface area contributed by atoms with Crippen molar-refractivity contribution in [1.29, 1.82) is 0 Å². The number of hydrazine groups is 1. The summed E-state index contributed by atoms with van der Waals surface area (Å²) < 4.78 is 0. The molecule has 2 saturated carbocycles. The first-order valence-corrected chi connectivity index (χ1v) is 14.4. The summed E-state index contributed by atoms with van der Waals surface area (Å²) in [5.74, 6) is 1.16. The highest BCUT2D eigenvalue weighted by Crippen LogP contribution is 2.44. The lowest BCUT2D eigenvalue weighted by Crippen LogP contribution is -2.44. The predicted molar refractivity (Wildman–Crippen MR) is 142 cm³/mol. The summed E-state index contributed by atoms with van der Waals surface area (Å²) in [5, 5.41) is 13.6. The topological polar surface area (TPSA) is 89.5 Å². The lowest BCUT2D eigenvalue weighted by molar-refractivity contribution is -0.127. The van der Waals surface area contributed by atoms with Crippen LogP contribution >= 0.6 is 0 Å². The van der Waals surface area contributed by atoms with Crippen LogP contribution in [-0.4, -0.2) is 40.2 Å². The van der Waals surface area contributed by atoms with Crippen LogP contribution in [0.4, 0.5) is 5.69 Å². The van der Waals surface area contributed by atoms with Crippen LogP contribution < -0.4 is 21.1 Å². The Morgan fingerprint density at radius 1 is 0.946 bits per heavy atom. The molecule has 4 heterocycles. The molecular formula is C30H39N5O2. The maximum atomic E-state index is 13.5. The van der Waals surface area contributed by atoms with Gasteiger partial charge in [-0.2, -0.15) is 0 Å². The summed E-state index contributed by atoms with van der Waals surface area (Å²) >= 11 is 0. The fourth-order valence-electron chi connectivity index (χ4n) is 7.74. The average molecular weight is 502 g/mol. The molecule has 1 aromatic heterocycles. The summed E-state index contributed by atoms with van der Waals surface area (Å²) in [7, 11) is 0. The van der Waals surface area contributed by atoms with Gasteiger partial charge in [0.05, 0.1) is 23.9 Å². The molecule has 3 saturated heterocycles. The fraction of sp³-hybridized carbons (Fsp3) is 0.600. The number of carbonyl (C=O) groups excluding carboxylic acids is 1. The van der Waals surface area contributed by atoms with Gasteiger partial charge >= 0.3 is 0 Å². The van der Waals surface area contributed by atoms with E-state index in [0.29, 0.717) is 30.0 Å². The highest BCUT2D eigenvalue weighted by Gasteiger charge is 2.44. The molecule has 3 aliphatic heterocycles. The number of aromatic nitrogens is 1. The summed E-state index contributed by atoms with van der Waals surface area (Å²) in [5.41, 5.74) is 10.7. The number of hydrogen-bond donors (Lipinski definition) is 4. The van der Waals surface area contributed by atoms with Crippen molar-refractivity contribution in [2.75, 3.05) is 4.90 Å². The molecule has 7 atom stereocenters. The first-order valence-electron chi connectivity index (χ1n) is 14.4. The second kappa shape index (κ2) is 9.68. The number of anilines is 1. The molecule has 2 aromatic rings. The number of amides is 1. The Labute approximate surface area is 219 Å². The van der Waals surface area contributed by atoms with Crippen molar-refractivity contribution >= 4 is 11.6 Å². The zero-order valence-corrected chi connectivity index (χ0v) is 21.4. The SMILES string of the molecule is O=C(N[C@@H](c1ccccn1)C1CC1)C1CCC2NNC(c3ccc(N4[C@H]5CC[C@H]4CC(O)C5)cc3)C2C1. The van der Waals surface area contributed by atoms with E-state index in [1.165, 1.54) is 36.9 Å². The average Bonchev–Trinajstić information content (AvgIpc) is 3.62. The van der Waals surface area contributed by atoms with Crippen LogP contribution in [0.3, 0.4) is 0 Å². The highest BCUT2D eigenvalue weighted by atomic mass is 16.3. The Hall–Kier alpha value is -2.48. The van der Waals surface area contributed by atoms with Gasteiger partial charge in [-0.15, -0.1) is 0 Å². The zero-order valence-electron chi connectivity index (χ0n) is 21.4. The summed E-state index contributed by atoms with van der Waals surface area (Å²) in [6, 6.07) is 16.7. The second-order valence-corrected chi connectivity index (χ2v) is 12.1. The Balaban J connectivity index is 1.03. The molecule has 7 rings (SSSR count). The van der Waals surface area contributed by atoms with E-state index < -0.39 is 0 Å². The fourth-order valence-corrected chi connectivity index (χ4v) is 7.74. The van der Waals surface area contributed by atoms with Crippen LogP contribution in [-0.2, 0) is 4.79 Å². The minimum atomic E-state index is -0.140. The molecule has 7 nitrogen and oxygen atoms in total. The minimum Gasteiger partial charge on any atom is -0.393 e. The van der Waals surface area contributed by atoms with Crippen molar-refractivity contribution < 1.29 is 9.90 Å². The summed E-state index contributed by atoms with van der Waals surface area (Å²) in [6.45, 7) is 0. The molecule has 4 N–H and O–H groups in total. The molecule has 4 unspecified atom stereocenters. The monoisotopic (exact) mass is 501 g/mol. The van der Waals surface area contributed by atoms with Crippen LogP contribution in [0.2, 0.25) is 0 Å². The van der Waals surface area contributed by atoms with E-state index in [0.717, 1.165) is 37.8 Å². The van der Waals surface area contributed by atoms with Gasteiger partial charge in [0.25, 0.3) is 0 Å². The first-order chi connectivity index (χ1) is 18.1. The van der Waals surface area contributed by atoms with Crippen LogP contribution in [0, 0.1) is 17.8 Å². The molecule has 7 heteroatoms. The van der Waals surface area contributed by atoms with Gasteiger partial charge in [-0.3, -0.25) is 15.2 Å². The number of benzene rings is 1. The quantitative estimate of drug-likeness (QED) is 0.482. The molecule has 5 aliphatic rings. The first kappa shape index (κ1) is 23.6. The summed E-state index contributed by atoms with van der Waals surface area (Å²) in [6.07, 6.45) is 11.0. The number of fused-ring (bicyclic) bond motifs is 3. The molecule has 0 radical (unpaired) electrons. The van der Waals surface area contributed by atoms with E-state index in [1.807, 2.05) is 24.4 Å². The van der Waals surface area contributed by atoms with Crippen molar-refractivity contribution in [1.82, 2.24) is 21.2 Å². The minimum absolute atomic E-state index is 0.0424. The highest BCUT2D eigenvalue weighted by molar-refractivity contribution is 5.79. The largest absolute Gasteiger partial charge is 0.393 e. The van der Waals surface area contributed by atoms with Crippen LogP contribution in [0.5, 0.6) is 0 Å². The number of aliphatic hydroxyl groups excluding tert-OH is 1. The maximum Gasteiger partial charge on any atom is 0.223 e. The van der Waals surface area contributed by atoms with Crippen molar-refractivity contribution in [3.63, 3.8) is 0 Å². The predicted octanol–water partition coefficient (Wildman–Crippen LogP) is 3.78. The molecule has 5 fully saturated rings. The van der Waals surface area contributed by atoms with E-state index in [9.17, 15) is 9.90 Å². The Kier molecular flexibility index (Phi) is 6.18. The van der Waals surface area contributed by atoms with Gasteiger partial charge in [-0.25, -0.2) is 5.43 Å². The molecule has 2 aliphatic carbocycles. The van der Waals surface area contributed by atoms with Gasteiger partial charge in [0.1, 0.15) is 0 Å². The van der Waals surface area contributed by atoms with Crippen molar-refractivity contribution in [3.8, 4) is 0 Å². The molecule has 37 heavy (non-hydrogen) atoms. The van der Waals surface area contributed by atoms with Gasteiger partial charge in [-0.1, -0.05) is 18.2 Å². The van der Waals surface area contributed by atoms with Gasteiger partial charge in [0, 0.05) is 35.9 Å². The number of nitrogens with one attached hydrogen (secondary N) is 3. The third-order valence-corrected chi connectivity index (χ3v) is 9.78. The number of hydrogen-bond acceptors (Lipinski definition) is 6. The third kappa shape index (κ3) is 4.55. The number of aliphatic hydroxyl groups is 1. The lowest BCUT2D eigenvalue weighted by atomic mass is 9.74. The van der Waals surface area contributed by atoms with Crippen molar-refractivity contribution in [2.24, 2.45) is 17.8 Å². The smallest absolute Gasteiger partial charge is 0.223 e. The van der Waals surface area contributed by atoms with Crippen LogP contribution in [0.1, 0.15) is 81.1 Å². The van der Waals surface area contributed by atoms with E-state index >= 15 is 0 Å². The third-order valence-electron chi connectivity index (χ3n) is 9.78.